The van der Waals surface area contributed by atoms with E-state index < -0.39 is 49.1 Å². The first-order valence-electron chi connectivity index (χ1n) is 11.4. The molecule has 2 aromatic rings. The van der Waals surface area contributed by atoms with Crippen molar-refractivity contribution in [3.05, 3.63) is 59.7 Å². The number of alkyl halides is 3. The molecule has 1 fully saturated rings. The Kier molecular flexibility index (Phi) is 7.00. The minimum Gasteiger partial charge on any atom is -0.480 e. The highest BCUT2D eigenvalue weighted by molar-refractivity contribution is 5.84. The number of ether oxygens (including phenoxy) is 1. The number of nitrogens with zero attached hydrogens (tertiary/aromatic N) is 1. The molecule has 2 amide bonds. The highest BCUT2D eigenvalue weighted by Crippen LogP contribution is 2.44. The number of carboxylic acids is 1. The lowest BCUT2D eigenvalue weighted by atomic mass is 9.98. The summed E-state index contributed by atoms with van der Waals surface area (Å²) in [5.41, 5.74) is 3.84. The Bertz CT molecular complexity index is 1070. The van der Waals surface area contributed by atoms with Crippen molar-refractivity contribution in [2.75, 3.05) is 13.2 Å². The molecule has 4 rings (SSSR count). The van der Waals surface area contributed by atoms with Gasteiger partial charge in [0.15, 0.2) is 0 Å². The zero-order valence-corrected chi connectivity index (χ0v) is 18.8. The first-order valence-corrected chi connectivity index (χ1v) is 11.4. The summed E-state index contributed by atoms with van der Waals surface area (Å²) in [7, 11) is 0. The molecule has 10 heteroatoms. The molecule has 186 valence electrons. The minimum absolute atomic E-state index is 0.141. The van der Waals surface area contributed by atoms with Gasteiger partial charge in [-0.25, -0.2) is 9.59 Å². The maximum Gasteiger partial charge on any atom is 0.408 e. The van der Waals surface area contributed by atoms with Gasteiger partial charge in [0, 0.05) is 18.9 Å². The van der Waals surface area contributed by atoms with Crippen molar-refractivity contribution in [2.45, 2.75) is 49.9 Å². The monoisotopic (exact) mass is 490 g/mol. The molecule has 1 heterocycles. The molecule has 2 atom stereocenters. The molecule has 0 spiro atoms. The molecule has 2 N–H and O–H groups in total. The van der Waals surface area contributed by atoms with Crippen molar-refractivity contribution in [1.82, 2.24) is 10.2 Å². The van der Waals surface area contributed by atoms with Gasteiger partial charge < -0.3 is 20.1 Å². The number of rotatable bonds is 7. The Balaban J connectivity index is 1.37. The van der Waals surface area contributed by atoms with Crippen LogP contribution in [0.1, 0.15) is 42.7 Å². The maximum atomic E-state index is 13.6. The van der Waals surface area contributed by atoms with E-state index in [2.05, 4.69) is 0 Å². The van der Waals surface area contributed by atoms with Crippen LogP contribution in [0.2, 0.25) is 0 Å². The van der Waals surface area contributed by atoms with Crippen LogP contribution in [0.3, 0.4) is 0 Å². The minimum atomic E-state index is -4.80. The molecular formula is C25H25F3N2O5. The van der Waals surface area contributed by atoms with Gasteiger partial charge in [0.2, 0.25) is 5.91 Å². The van der Waals surface area contributed by atoms with Gasteiger partial charge in [0.05, 0.1) is 0 Å². The van der Waals surface area contributed by atoms with E-state index >= 15 is 0 Å². The number of carbonyl (C=O) groups excluding carboxylic acids is 2. The van der Waals surface area contributed by atoms with Crippen LogP contribution in [0.15, 0.2) is 48.5 Å². The Morgan fingerprint density at radius 3 is 2.23 bits per heavy atom. The molecule has 2 aliphatic rings. The van der Waals surface area contributed by atoms with E-state index in [1.54, 1.807) is 0 Å². The summed E-state index contributed by atoms with van der Waals surface area (Å²) in [5.74, 6) is -2.17. The topological polar surface area (TPSA) is 95.9 Å². The van der Waals surface area contributed by atoms with E-state index in [9.17, 15) is 32.7 Å². The fourth-order valence-electron chi connectivity index (χ4n) is 4.83. The number of carboxylic acid groups (broad SMARTS) is 1. The predicted molar refractivity (Wildman–Crippen MR) is 120 cm³/mol. The SMILES string of the molecule is O=C(N[C@@H](CCC(=O)N1CCC[C@@H]1C(=O)O)C(F)(F)F)OCC1c2ccccc2-c2ccccc21. The fourth-order valence-corrected chi connectivity index (χ4v) is 4.83. The summed E-state index contributed by atoms with van der Waals surface area (Å²) in [4.78, 5) is 37.0. The number of benzene rings is 2. The summed E-state index contributed by atoms with van der Waals surface area (Å²) in [6.07, 6.45) is -6.55. The molecule has 2 aromatic carbocycles. The highest BCUT2D eigenvalue weighted by atomic mass is 19.4. The first-order chi connectivity index (χ1) is 16.7. The van der Waals surface area contributed by atoms with Crippen LogP contribution in [-0.2, 0) is 14.3 Å². The Morgan fingerprint density at radius 1 is 1.06 bits per heavy atom. The summed E-state index contributed by atoms with van der Waals surface area (Å²) < 4.78 is 45.9. The van der Waals surface area contributed by atoms with Crippen LogP contribution < -0.4 is 5.32 Å². The van der Waals surface area contributed by atoms with E-state index in [4.69, 9.17) is 4.74 Å². The molecule has 1 aliphatic heterocycles. The molecule has 0 unspecified atom stereocenters. The second kappa shape index (κ2) is 9.97. The standard InChI is InChI=1S/C25H25F3N2O5/c26-25(27,28)21(11-12-22(31)30-13-5-10-20(30)23(32)33)29-24(34)35-14-19-17-8-3-1-6-15(17)16-7-2-4-9-18(16)19/h1-4,6-9,19-21H,5,10-14H2,(H,29,34)(H,32,33)/t20-,21+/m1/s1. The predicted octanol–water partition coefficient (Wildman–Crippen LogP) is 4.31. The Hall–Kier alpha value is -3.56. The number of hydrogen-bond donors (Lipinski definition) is 2. The van der Waals surface area contributed by atoms with Crippen LogP contribution >= 0.6 is 0 Å². The van der Waals surface area contributed by atoms with Crippen LogP contribution in [0.25, 0.3) is 11.1 Å². The van der Waals surface area contributed by atoms with E-state index in [0.717, 1.165) is 27.2 Å². The maximum absolute atomic E-state index is 13.6. The number of amides is 2. The van der Waals surface area contributed by atoms with Crippen molar-refractivity contribution < 1.29 is 37.4 Å². The van der Waals surface area contributed by atoms with E-state index in [1.807, 2.05) is 53.8 Å². The number of nitrogens with one attached hydrogen (secondary N) is 1. The molecule has 0 aromatic heterocycles. The molecule has 0 saturated carbocycles. The van der Waals surface area contributed by atoms with Crippen LogP contribution in [-0.4, -0.2) is 59.4 Å². The summed E-state index contributed by atoms with van der Waals surface area (Å²) in [6.45, 7) is 0.0454. The lowest BCUT2D eigenvalue weighted by molar-refractivity contribution is -0.158. The zero-order chi connectivity index (χ0) is 25.2. The first kappa shape index (κ1) is 24.6. The molecule has 0 radical (unpaired) electrons. The molecule has 1 saturated heterocycles. The Labute approximate surface area is 199 Å². The largest absolute Gasteiger partial charge is 0.480 e. The molecule has 0 bridgehead atoms. The third-order valence-corrected chi connectivity index (χ3v) is 6.54. The average Bonchev–Trinajstić information content (AvgIpc) is 3.43. The number of fused-ring (bicyclic) bond motifs is 3. The van der Waals surface area contributed by atoms with Crippen LogP contribution in [0.4, 0.5) is 18.0 Å². The van der Waals surface area contributed by atoms with E-state index in [0.29, 0.717) is 6.42 Å². The van der Waals surface area contributed by atoms with Gasteiger partial charge in [-0.15, -0.1) is 0 Å². The number of aliphatic carboxylic acids is 1. The van der Waals surface area contributed by atoms with E-state index in [-0.39, 0.29) is 25.5 Å². The number of hydrogen-bond acceptors (Lipinski definition) is 4. The normalized spacial score (nSPS) is 18.0. The summed E-state index contributed by atoms with van der Waals surface area (Å²) in [6, 6.07) is 11.8. The van der Waals surface area contributed by atoms with Crippen molar-refractivity contribution >= 4 is 18.0 Å². The lowest BCUT2D eigenvalue weighted by Gasteiger charge is -2.25. The number of alkyl carbamates (subject to hydrolysis) is 1. The quantitative estimate of drug-likeness (QED) is 0.603. The third-order valence-electron chi connectivity index (χ3n) is 6.54. The zero-order valence-electron chi connectivity index (χ0n) is 18.8. The average molecular weight is 490 g/mol. The number of carbonyl (C=O) groups is 3. The lowest BCUT2D eigenvalue weighted by Crippen LogP contribution is -2.47. The van der Waals surface area contributed by atoms with Gasteiger partial charge >= 0.3 is 18.2 Å². The van der Waals surface area contributed by atoms with Gasteiger partial charge in [-0.3, -0.25) is 4.79 Å². The van der Waals surface area contributed by atoms with Gasteiger partial charge in [-0.05, 0) is 41.5 Å². The van der Waals surface area contributed by atoms with Crippen LogP contribution in [0, 0.1) is 0 Å². The Morgan fingerprint density at radius 2 is 1.66 bits per heavy atom. The van der Waals surface area contributed by atoms with Gasteiger partial charge in [0.1, 0.15) is 18.7 Å². The molecule has 7 nitrogen and oxygen atoms in total. The van der Waals surface area contributed by atoms with Gasteiger partial charge in [0.25, 0.3) is 0 Å². The van der Waals surface area contributed by atoms with Gasteiger partial charge in [-0.2, -0.15) is 13.2 Å². The van der Waals surface area contributed by atoms with Crippen molar-refractivity contribution in [3.63, 3.8) is 0 Å². The van der Waals surface area contributed by atoms with Gasteiger partial charge in [-0.1, -0.05) is 48.5 Å². The number of halogens is 3. The summed E-state index contributed by atoms with van der Waals surface area (Å²) in [5, 5.41) is 11.0. The van der Waals surface area contributed by atoms with Crippen molar-refractivity contribution in [1.29, 1.82) is 0 Å². The second-order valence-electron chi connectivity index (χ2n) is 8.69. The molecular weight excluding hydrogens is 465 g/mol. The number of likely N-dealkylation sites (tertiary alicyclic amines) is 1. The summed E-state index contributed by atoms with van der Waals surface area (Å²) >= 11 is 0. The highest BCUT2D eigenvalue weighted by Gasteiger charge is 2.42. The third kappa shape index (κ3) is 5.26. The smallest absolute Gasteiger partial charge is 0.408 e. The van der Waals surface area contributed by atoms with Crippen LogP contribution in [0.5, 0.6) is 0 Å². The van der Waals surface area contributed by atoms with E-state index in [1.165, 1.54) is 0 Å². The fraction of sp³-hybridized carbons (Fsp3) is 0.400. The second-order valence-corrected chi connectivity index (χ2v) is 8.69. The van der Waals surface area contributed by atoms with Crippen molar-refractivity contribution in [3.8, 4) is 11.1 Å². The molecule has 1 aliphatic carbocycles. The van der Waals surface area contributed by atoms with Crippen molar-refractivity contribution in [2.24, 2.45) is 0 Å². The molecule has 35 heavy (non-hydrogen) atoms.